The Labute approximate surface area is 138 Å². The summed E-state index contributed by atoms with van der Waals surface area (Å²) in [5.74, 6) is 2.68. The van der Waals surface area contributed by atoms with E-state index in [0.29, 0.717) is 35.1 Å². The minimum Gasteiger partial charge on any atom is -0.416 e. The number of rotatable bonds is 9. The van der Waals surface area contributed by atoms with Gasteiger partial charge < -0.3 is 9.53 Å². The molecule has 2 aliphatic rings. The van der Waals surface area contributed by atoms with Crippen LogP contribution in [0.3, 0.4) is 0 Å². The Morgan fingerprint density at radius 3 is 1.77 bits per heavy atom. The fraction of sp³-hybridized carbons (Fsp3) is 0.895. The molecule has 0 bridgehead atoms. The quantitative estimate of drug-likeness (QED) is 0.478. The van der Waals surface area contributed by atoms with Gasteiger partial charge in [-0.3, -0.25) is 0 Å². The van der Waals surface area contributed by atoms with Crippen LogP contribution in [0.5, 0.6) is 0 Å². The first-order chi connectivity index (χ1) is 10.3. The van der Waals surface area contributed by atoms with E-state index in [2.05, 4.69) is 53.7 Å². The number of aliphatic hydroxyl groups is 1. The molecule has 0 spiro atoms. The second-order valence-electron chi connectivity index (χ2n) is 8.52. The molecule has 0 heterocycles. The van der Waals surface area contributed by atoms with Gasteiger partial charge in [-0.15, -0.1) is 0 Å². The molecule has 2 fully saturated rings. The number of hydrogen-bond acceptors (Lipinski definition) is 2. The molecule has 0 aromatic rings. The molecule has 22 heavy (non-hydrogen) atoms. The fourth-order valence-corrected chi connectivity index (χ4v) is 9.95. The van der Waals surface area contributed by atoms with Crippen LogP contribution in [-0.4, -0.2) is 26.6 Å². The van der Waals surface area contributed by atoms with Crippen LogP contribution in [0.1, 0.15) is 54.4 Å². The van der Waals surface area contributed by atoms with Crippen LogP contribution in [0.4, 0.5) is 0 Å². The average molecular weight is 325 g/mol. The summed E-state index contributed by atoms with van der Waals surface area (Å²) in [7, 11) is -1.69. The van der Waals surface area contributed by atoms with E-state index >= 15 is 0 Å². The third-order valence-electron chi connectivity index (χ3n) is 6.05. The van der Waals surface area contributed by atoms with Gasteiger partial charge in [-0.2, -0.15) is 0 Å². The van der Waals surface area contributed by atoms with Gasteiger partial charge in [0.15, 0.2) is 8.32 Å². The Hall–Kier alpha value is -0.123. The fourth-order valence-electron chi connectivity index (χ4n) is 4.45. The lowest BCUT2D eigenvalue weighted by atomic mass is 10.2. The summed E-state index contributed by atoms with van der Waals surface area (Å²) in [4.78, 5) is 0. The topological polar surface area (TPSA) is 29.5 Å². The van der Waals surface area contributed by atoms with Crippen molar-refractivity contribution >= 4 is 8.32 Å². The predicted molar refractivity (Wildman–Crippen MR) is 96.4 cm³/mol. The SMILES string of the molecule is CC(C)[Si](OC[C@H]1C[C@@H]1/C=C/[C@H]1C[C@@H]1CO)(C(C)C)C(C)C. The van der Waals surface area contributed by atoms with E-state index in [-0.39, 0.29) is 0 Å². The average Bonchev–Trinajstić information content (AvgIpc) is 3.31. The standard InChI is InChI=1S/C19H36O2Si/c1-13(2)22(14(3)4,15(5)6)21-12-19-10-17(19)8-7-16-9-18(16)11-20/h7-8,13-20H,9-12H2,1-6H3/b8-7+/t16-,17-,18+,19+/m0/s1. The largest absolute Gasteiger partial charge is 0.416 e. The normalized spacial score (nSPS) is 31.7. The van der Waals surface area contributed by atoms with Gasteiger partial charge in [-0.25, -0.2) is 0 Å². The zero-order valence-electron chi connectivity index (χ0n) is 15.4. The molecular formula is C19H36O2Si. The summed E-state index contributed by atoms with van der Waals surface area (Å²) in [6.45, 7) is 15.5. The van der Waals surface area contributed by atoms with E-state index in [0.717, 1.165) is 18.4 Å². The Morgan fingerprint density at radius 1 is 0.909 bits per heavy atom. The number of allylic oxidation sites excluding steroid dienone is 2. The zero-order valence-corrected chi connectivity index (χ0v) is 16.4. The van der Waals surface area contributed by atoms with Crippen LogP contribution >= 0.6 is 0 Å². The second-order valence-corrected chi connectivity index (χ2v) is 14.0. The van der Waals surface area contributed by atoms with Gasteiger partial charge in [0.05, 0.1) is 0 Å². The highest BCUT2D eigenvalue weighted by Gasteiger charge is 2.47. The molecule has 0 aliphatic heterocycles. The van der Waals surface area contributed by atoms with Crippen molar-refractivity contribution in [2.75, 3.05) is 13.2 Å². The molecule has 0 aromatic heterocycles. The van der Waals surface area contributed by atoms with Crippen LogP contribution in [-0.2, 0) is 4.43 Å². The van der Waals surface area contributed by atoms with Crippen molar-refractivity contribution in [1.82, 2.24) is 0 Å². The Balaban J connectivity index is 1.82. The van der Waals surface area contributed by atoms with Crippen molar-refractivity contribution in [1.29, 1.82) is 0 Å². The van der Waals surface area contributed by atoms with Crippen LogP contribution in [0.2, 0.25) is 16.6 Å². The molecule has 0 unspecified atom stereocenters. The Kier molecular flexibility index (Phi) is 5.95. The van der Waals surface area contributed by atoms with E-state index in [4.69, 9.17) is 9.53 Å². The van der Waals surface area contributed by atoms with Gasteiger partial charge in [0.1, 0.15) is 0 Å². The van der Waals surface area contributed by atoms with Crippen LogP contribution in [0.25, 0.3) is 0 Å². The van der Waals surface area contributed by atoms with Crippen molar-refractivity contribution in [3.63, 3.8) is 0 Å². The molecule has 3 heteroatoms. The second kappa shape index (κ2) is 7.19. The van der Waals surface area contributed by atoms with Gasteiger partial charge in [-0.1, -0.05) is 53.7 Å². The Morgan fingerprint density at radius 2 is 1.36 bits per heavy atom. The van der Waals surface area contributed by atoms with Gasteiger partial charge in [0.25, 0.3) is 0 Å². The van der Waals surface area contributed by atoms with E-state index < -0.39 is 8.32 Å². The number of aliphatic hydroxyl groups excluding tert-OH is 1. The minimum absolute atomic E-state index is 0.359. The first kappa shape index (κ1) is 18.2. The van der Waals surface area contributed by atoms with Crippen molar-refractivity contribution in [2.24, 2.45) is 23.7 Å². The van der Waals surface area contributed by atoms with Gasteiger partial charge in [0, 0.05) is 13.2 Å². The molecule has 0 aromatic carbocycles. The summed E-state index contributed by atoms with van der Waals surface area (Å²) in [6.07, 6.45) is 7.23. The van der Waals surface area contributed by atoms with E-state index in [1.54, 1.807) is 0 Å². The van der Waals surface area contributed by atoms with Gasteiger partial charge in [0.2, 0.25) is 0 Å². The highest BCUT2D eigenvalue weighted by molar-refractivity contribution is 6.77. The minimum atomic E-state index is -1.69. The summed E-state index contributed by atoms with van der Waals surface area (Å²) in [6, 6.07) is 0. The van der Waals surface area contributed by atoms with Gasteiger partial charge in [-0.05, 0) is 53.1 Å². The van der Waals surface area contributed by atoms with Crippen molar-refractivity contribution in [3.05, 3.63) is 12.2 Å². The Bertz CT molecular complexity index is 367. The maximum atomic E-state index is 9.09. The monoisotopic (exact) mass is 324 g/mol. The van der Waals surface area contributed by atoms with Crippen LogP contribution in [0, 0.1) is 23.7 Å². The van der Waals surface area contributed by atoms with Crippen LogP contribution < -0.4 is 0 Å². The molecule has 0 radical (unpaired) electrons. The third kappa shape index (κ3) is 3.85. The lowest BCUT2D eigenvalue weighted by molar-refractivity contribution is 0.259. The molecule has 0 saturated heterocycles. The van der Waals surface area contributed by atoms with Crippen molar-refractivity contribution in [2.45, 2.75) is 71.0 Å². The molecular weight excluding hydrogens is 288 g/mol. The summed E-state index contributed by atoms with van der Waals surface area (Å²) in [5.41, 5.74) is 2.03. The molecule has 128 valence electrons. The van der Waals surface area contributed by atoms with E-state index in [1.807, 2.05) is 0 Å². The maximum absolute atomic E-state index is 9.09. The summed E-state index contributed by atoms with van der Waals surface area (Å²) >= 11 is 0. The van der Waals surface area contributed by atoms with Gasteiger partial charge >= 0.3 is 0 Å². The summed E-state index contributed by atoms with van der Waals surface area (Å²) < 4.78 is 6.70. The zero-order chi connectivity index (χ0) is 16.5. The molecule has 2 rings (SSSR count). The highest BCUT2D eigenvalue weighted by Crippen LogP contribution is 2.47. The smallest absolute Gasteiger partial charge is 0.200 e. The first-order valence-electron chi connectivity index (χ1n) is 9.26. The lowest BCUT2D eigenvalue weighted by Crippen LogP contribution is -2.48. The molecule has 2 saturated carbocycles. The van der Waals surface area contributed by atoms with Crippen molar-refractivity contribution < 1.29 is 9.53 Å². The molecule has 0 amide bonds. The third-order valence-corrected chi connectivity index (χ3v) is 12.1. The molecule has 2 nitrogen and oxygen atoms in total. The molecule has 4 atom stereocenters. The number of hydrogen-bond donors (Lipinski definition) is 1. The van der Waals surface area contributed by atoms with E-state index in [9.17, 15) is 0 Å². The maximum Gasteiger partial charge on any atom is 0.200 e. The van der Waals surface area contributed by atoms with E-state index in [1.165, 1.54) is 12.8 Å². The predicted octanol–water partition coefficient (Wildman–Crippen LogP) is 5.00. The van der Waals surface area contributed by atoms with Crippen molar-refractivity contribution in [3.8, 4) is 0 Å². The highest BCUT2D eigenvalue weighted by atomic mass is 28.4. The molecule has 1 N–H and O–H groups in total. The first-order valence-corrected chi connectivity index (χ1v) is 11.4. The molecule has 2 aliphatic carbocycles. The van der Waals surface area contributed by atoms with Crippen LogP contribution in [0.15, 0.2) is 12.2 Å². The lowest BCUT2D eigenvalue weighted by Gasteiger charge is -2.42. The summed E-state index contributed by atoms with van der Waals surface area (Å²) in [5, 5.41) is 9.09.